The molecule has 116 valence electrons. The van der Waals surface area contributed by atoms with Crippen LogP contribution in [-0.4, -0.2) is 29.9 Å². The van der Waals surface area contributed by atoms with Crippen molar-refractivity contribution in [2.75, 3.05) is 7.11 Å². The molecule has 1 fully saturated rings. The van der Waals surface area contributed by atoms with E-state index in [1.807, 2.05) is 24.3 Å². The first kappa shape index (κ1) is 15.8. The second kappa shape index (κ2) is 6.48. The number of hydrogen-bond acceptors (Lipinski definition) is 3. The quantitative estimate of drug-likeness (QED) is 0.874. The lowest BCUT2D eigenvalue weighted by Crippen LogP contribution is -2.25. The highest BCUT2D eigenvalue weighted by Gasteiger charge is 2.34. The second-order valence-electron chi connectivity index (χ2n) is 6.33. The van der Waals surface area contributed by atoms with Crippen LogP contribution in [0.25, 0.3) is 0 Å². The highest BCUT2D eigenvalue weighted by molar-refractivity contribution is 5.70. The number of benzene rings is 1. The van der Waals surface area contributed by atoms with Crippen LogP contribution < -0.4 is 4.74 Å². The summed E-state index contributed by atoms with van der Waals surface area (Å²) in [6.45, 7) is 4.12. The van der Waals surface area contributed by atoms with Gasteiger partial charge in [0.1, 0.15) is 5.75 Å². The number of aliphatic carboxylic acids is 1. The van der Waals surface area contributed by atoms with Crippen molar-refractivity contribution in [3.63, 3.8) is 0 Å². The van der Waals surface area contributed by atoms with Gasteiger partial charge in [0.15, 0.2) is 0 Å². The number of para-hydroxylation sites is 1. The largest absolute Gasteiger partial charge is 0.496 e. The van der Waals surface area contributed by atoms with Crippen LogP contribution >= 0.6 is 0 Å². The van der Waals surface area contributed by atoms with E-state index >= 15 is 0 Å². The Balaban J connectivity index is 2.04. The number of methoxy groups -OCH3 is 1. The highest BCUT2D eigenvalue weighted by Crippen LogP contribution is 2.34. The van der Waals surface area contributed by atoms with Gasteiger partial charge in [-0.2, -0.15) is 0 Å². The first-order chi connectivity index (χ1) is 9.91. The van der Waals surface area contributed by atoms with Crippen LogP contribution in [0.15, 0.2) is 24.3 Å². The Morgan fingerprint density at radius 2 is 2.19 bits per heavy atom. The zero-order valence-electron chi connectivity index (χ0n) is 13.0. The Morgan fingerprint density at radius 3 is 2.76 bits per heavy atom. The van der Waals surface area contributed by atoms with Crippen molar-refractivity contribution in [3.05, 3.63) is 29.8 Å². The van der Waals surface area contributed by atoms with Gasteiger partial charge in [-0.3, -0.25) is 4.79 Å². The van der Waals surface area contributed by atoms with Gasteiger partial charge in [0, 0.05) is 0 Å². The maximum absolute atomic E-state index is 11.6. The van der Waals surface area contributed by atoms with Gasteiger partial charge < -0.3 is 14.6 Å². The molecule has 0 aromatic heterocycles. The topological polar surface area (TPSA) is 55.8 Å². The summed E-state index contributed by atoms with van der Waals surface area (Å²) in [4.78, 5) is 11.6. The fraction of sp³-hybridized carbons (Fsp3) is 0.588. The molecule has 2 rings (SSSR count). The summed E-state index contributed by atoms with van der Waals surface area (Å²) in [5.74, 6) is -0.467. The fourth-order valence-electron chi connectivity index (χ4n) is 2.97. The highest BCUT2D eigenvalue weighted by atomic mass is 16.5. The normalized spacial score (nSPS) is 22.0. The van der Waals surface area contributed by atoms with Crippen LogP contribution in [0.4, 0.5) is 0 Å². The van der Waals surface area contributed by atoms with Crippen LogP contribution in [0.5, 0.6) is 5.75 Å². The minimum atomic E-state index is -0.769. The van der Waals surface area contributed by atoms with E-state index in [-0.39, 0.29) is 11.7 Å². The molecule has 1 heterocycles. The minimum Gasteiger partial charge on any atom is -0.496 e. The molecule has 0 aliphatic carbocycles. The van der Waals surface area contributed by atoms with Gasteiger partial charge in [-0.05, 0) is 51.2 Å². The maximum Gasteiger partial charge on any atom is 0.306 e. The van der Waals surface area contributed by atoms with Crippen LogP contribution in [0.1, 0.15) is 38.7 Å². The van der Waals surface area contributed by atoms with Gasteiger partial charge in [-0.25, -0.2) is 0 Å². The molecule has 4 nitrogen and oxygen atoms in total. The predicted molar refractivity (Wildman–Crippen MR) is 80.6 cm³/mol. The lowest BCUT2D eigenvalue weighted by molar-refractivity contribution is -0.143. The van der Waals surface area contributed by atoms with Crippen molar-refractivity contribution in [2.24, 2.45) is 5.92 Å². The van der Waals surface area contributed by atoms with E-state index in [0.717, 1.165) is 24.2 Å². The molecule has 0 bridgehead atoms. The number of hydrogen-bond donors (Lipinski definition) is 1. The smallest absolute Gasteiger partial charge is 0.306 e. The Hall–Kier alpha value is -1.55. The molecule has 21 heavy (non-hydrogen) atoms. The number of rotatable bonds is 6. The van der Waals surface area contributed by atoms with Crippen LogP contribution in [-0.2, 0) is 16.0 Å². The summed E-state index contributed by atoms with van der Waals surface area (Å²) < 4.78 is 11.2. The molecule has 0 saturated carbocycles. The first-order valence-electron chi connectivity index (χ1n) is 7.44. The third-order valence-electron chi connectivity index (χ3n) is 4.11. The van der Waals surface area contributed by atoms with Crippen LogP contribution in [0.3, 0.4) is 0 Å². The van der Waals surface area contributed by atoms with Crippen molar-refractivity contribution in [1.29, 1.82) is 0 Å². The van der Waals surface area contributed by atoms with Gasteiger partial charge in [-0.15, -0.1) is 0 Å². The minimum absolute atomic E-state index is 0.0378. The van der Waals surface area contributed by atoms with Gasteiger partial charge >= 0.3 is 5.97 Å². The van der Waals surface area contributed by atoms with E-state index in [4.69, 9.17) is 9.47 Å². The van der Waals surface area contributed by atoms with E-state index in [2.05, 4.69) is 13.8 Å². The van der Waals surface area contributed by atoms with Gasteiger partial charge in [0.25, 0.3) is 0 Å². The summed E-state index contributed by atoms with van der Waals surface area (Å²) in [6, 6.07) is 7.59. The first-order valence-corrected chi connectivity index (χ1v) is 7.44. The molecule has 1 aliphatic rings. The van der Waals surface area contributed by atoms with E-state index in [0.29, 0.717) is 12.8 Å². The molecule has 4 heteroatoms. The van der Waals surface area contributed by atoms with Crippen LogP contribution in [0, 0.1) is 5.92 Å². The predicted octanol–water partition coefficient (Wildman–Crippen LogP) is 3.29. The van der Waals surface area contributed by atoms with Crippen molar-refractivity contribution >= 4 is 5.97 Å². The summed E-state index contributed by atoms with van der Waals surface area (Å²) in [5.41, 5.74) is 0.808. The number of carboxylic acids is 1. The summed E-state index contributed by atoms with van der Waals surface area (Å²) in [6.07, 6.45) is 2.98. The fourth-order valence-corrected chi connectivity index (χ4v) is 2.97. The van der Waals surface area contributed by atoms with Crippen molar-refractivity contribution < 1.29 is 19.4 Å². The Morgan fingerprint density at radius 1 is 1.48 bits per heavy atom. The molecule has 1 aliphatic heterocycles. The molecule has 2 unspecified atom stereocenters. The van der Waals surface area contributed by atoms with E-state index < -0.39 is 11.9 Å². The van der Waals surface area contributed by atoms with E-state index in [1.54, 1.807) is 7.11 Å². The molecular formula is C17H24O4. The lowest BCUT2D eigenvalue weighted by atomic mass is 9.92. The number of carbonyl (C=O) groups is 1. The standard InChI is InChI=1S/C17H24O4/c1-17(2)9-8-14(21-17)11-13(16(18)19)10-12-6-4-5-7-15(12)20-3/h4-7,13-14H,8-11H2,1-3H3,(H,18,19). The SMILES string of the molecule is COc1ccccc1CC(CC1CCC(C)(C)O1)C(=O)O. The van der Waals surface area contributed by atoms with Gasteiger partial charge in [0.05, 0.1) is 24.7 Å². The van der Waals surface area contributed by atoms with E-state index in [1.165, 1.54) is 0 Å². The summed E-state index contributed by atoms with van der Waals surface area (Å²) >= 11 is 0. The molecule has 1 aromatic carbocycles. The molecule has 0 amide bonds. The van der Waals surface area contributed by atoms with Crippen molar-refractivity contribution in [3.8, 4) is 5.75 Å². The van der Waals surface area contributed by atoms with Crippen molar-refractivity contribution in [1.82, 2.24) is 0 Å². The van der Waals surface area contributed by atoms with Crippen LogP contribution in [0.2, 0.25) is 0 Å². The lowest BCUT2D eigenvalue weighted by Gasteiger charge is -2.22. The second-order valence-corrected chi connectivity index (χ2v) is 6.33. The van der Waals surface area contributed by atoms with E-state index in [9.17, 15) is 9.90 Å². The maximum atomic E-state index is 11.6. The molecule has 0 spiro atoms. The Kier molecular flexibility index (Phi) is 4.88. The summed E-state index contributed by atoms with van der Waals surface area (Å²) in [7, 11) is 1.61. The Bertz CT molecular complexity index is 495. The molecule has 0 radical (unpaired) electrons. The number of carboxylic acid groups (broad SMARTS) is 1. The third kappa shape index (κ3) is 4.21. The zero-order valence-corrected chi connectivity index (χ0v) is 13.0. The Labute approximate surface area is 126 Å². The van der Waals surface area contributed by atoms with Gasteiger partial charge in [0.2, 0.25) is 0 Å². The average Bonchev–Trinajstić information content (AvgIpc) is 2.77. The molecule has 1 aromatic rings. The number of ether oxygens (including phenoxy) is 2. The molecular weight excluding hydrogens is 268 g/mol. The molecule has 2 atom stereocenters. The monoisotopic (exact) mass is 292 g/mol. The molecule has 1 saturated heterocycles. The third-order valence-corrected chi connectivity index (χ3v) is 4.11. The van der Waals surface area contributed by atoms with Gasteiger partial charge in [-0.1, -0.05) is 18.2 Å². The molecule has 1 N–H and O–H groups in total. The van der Waals surface area contributed by atoms with Crippen molar-refractivity contribution in [2.45, 2.75) is 51.2 Å². The zero-order chi connectivity index (χ0) is 15.5. The summed E-state index contributed by atoms with van der Waals surface area (Å²) in [5, 5.41) is 9.49. The average molecular weight is 292 g/mol.